The van der Waals surface area contributed by atoms with Crippen molar-refractivity contribution in [3.8, 4) is 5.75 Å². The Balaban J connectivity index is 1.50. The second-order valence-electron chi connectivity index (χ2n) is 6.07. The fourth-order valence-electron chi connectivity index (χ4n) is 3.28. The van der Waals surface area contributed by atoms with Crippen molar-refractivity contribution >= 4 is 24.4 Å². The molecule has 7 heteroatoms. The van der Waals surface area contributed by atoms with Gasteiger partial charge in [0.05, 0.1) is 24.0 Å². The van der Waals surface area contributed by atoms with Gasteiger partial charge in [0.25, 0.3) is 0 Å². The van der Waals surface area contributed by atoms with Crippen LogP contribution in [-0.2, 0) is 16.1 Å². The highest BCUT2D eigenvalue weighted by Gasteiger charge is 2.63. The third-order valence-corrected chi connectivity index (χ3v) is 4.75. The maximum absolute atomic E-state index is 11.2. The molecule has 3 aliphatic rings. The van der Waals surface area contributed by atoms with Gasteiger partial charge in [0.15, 0.2) is 5.90 Å². The Kier molecular flexibility index (Phi) is 2.50. The van der Waals surface area contributed by atoms with Crippen molar-refractivity contribution in [2.75, 3.05) is 0 Å². The second kappa shape index (κ2) is 4.08. The van der Waals surface area contributed by atoms with E-state index in [1.165, 1.54) is 0 Å². The smallest absolute Gasteiger partial charge is 0.481 e. The molecule has 0 spiro atoms. The Bertz CT molecular complexity index is 675. The van der Waals surface area contributed by atoms with Crippen LogP contribution < -0.4 is 10.2 Å². The molecule has 108 valence electrons. The SMILES string of the molecule is CC1(C(=O)O)CC2C(Oc3ccc4c(c3)COB4O)=N[C@@H]21. The average Bonchev–Trinajstić information content (AvgIpc) is 2.81. The summed E-state index contributed by atoms with van der Waals surface area (Å²) in [4.78, 5) is 15.5. The van der Waals surface area contributed by atoms with Crippen molar-refractivity contribution in [1.29, 1.82) is 0 Å². The number of ether oxygens (including phenoxy) is 1. The molecule has 1 aromatic carbocycles. The van der Waals surface area contributed by atoms with Gasteiger partial charge in [0.2, 0.25) is 0 Å². The zero-order valence-corrected chi connectivity index (χ0v) is 11.4. The molecule has 0 saturated heterocycles. The molecule has 6 nitrogen and oxygen atoms in total. The molecule has 0 radical (unpaired) electrons. The summed E-state index contributed by atoms with van der Waals surface area (Å²) in [7, 11) is -0.859. The molecule has 21 heavy (non-hydrogen) atoms. The first-order chi connectivity index (χ1) is 9.99. The Labute approximate surface area is 121 Å². The summed E-state index contributed by atoms with van der Waals surface area (Å²) >= 11 is 0. The molecule has 0 aromatic heterocycles. The van der Waals surface area contributed by atoms with Crippen molar-refractivity contribution in [3.05, 3.63) is 23.8 Å². The average molecular weight is 287 g/mol. The molecule has 3 atom stereocenters. The summed E-state index contributed by atoms with van der Waals surface area (Å²) in [5.74, 6) is 0.571. The van der Waals surface area contributed by atoms with Gasteiger partial charge in [-0.1, -0.05) is 6.07 Å². The van der Waals surface area contributed by atoms with E-state index in [-0.39, 0.29) is 12.0 Å². The highest BCUT2D eigenvalue weighted by Crippen LogP contribution is 2.53. The van der Waals surface area contributed by atoms with E-state index in [1.807, 2.05) is 6.07 Å². The molecule has 1 fully saturated rings. The number of fused-ring (bicyclic) bond motifs is 2. The van der Waals surface area contributed by atoms with E-state index in [2.05, 4.69) is 4.99 Å². The Morgan fingerprint density at radius 2 is 2.38 bits per heavy atom. The zero-order chi connectivity index (χ0) is 14.8. The van der Waals surface area contributed by atoms with E-state index in [1.54, 1.807) is 19.1 Å². The summed E-state index contributed by atoms with van der Waals surface area (Å²) in [6.45, 7) is 2.09. The Morgan fingerprint density at radius 3 is 3.05 bits per heavy atom. The largest absolute Gasteiger partial charge is 0.491 e. The second-order valence-corrected chi connectivity index (χ2v) is 6.07. The van der Waals surface area contributed by atoms with Crippen LogP contribution in [0.1, 0.15) is 18.9 Å². The highest BCUT2D eigenvalue weighted by molar-refractivity contribution is 6.61. The van der Waals surface area contributed by atoms with Gasteiger partial charge < -0.3 is 19.5 Å². The van der Waals surface area contributed by atoms with Crippen molar-refractivity contribution in [2.45, 2.75) is 26.0 Å². The minimum atomic E-state index is -0.859. The van der Waals surface area contributed by atoms with Crippen LogP contribution >= 0.6 is 0 Å². The van der Waals surface area contributed by atoms with E-state index in [4.69, 9.17) is 9.39 Å². The summed E-state index contributed by atoms with van der Waals surface area (Å²) < 4.78 is 10.9. The van der Waals surface area contributed by atoms with Gasteiger partial charge in [-0.3, -0.25) is 4.79 Å². The highest BCUT2D eigenvalue weighted by atomic mass is 16.5. The lowest BCUT2D eigenvalue weighted by Crippen LogP contribution is -2.63. The molecule has 2 heterocycles. The van der Waals surface area contributed by atoms with E-state index in [9.17, 15) is 14.9 Å². The first-order valence-electron chi connectivity index (χ1n) is 6.90. The lowest BCUT2D eigenvalue weighted by atomic mass is 9.56. The van der Waals surface area contributed by atoms with Crippen LogP contribution in [0.2, 0.25) is 0 Å². The van der Waals surface area contributed by atoms with E-state index >= 15 is 0 Å². The van der Waals surface area contributed by atoms with Crippen LogP contribution in [0.15, 0.2) is 23.2 Å². The zero-order valence-electron chi connectivity index (χ0n) is 11.4. The number of benzene rings is 1. The van der Waals surface area contributed by atoms with Gasteiger partial charge in [0, 0.05) is 0 Å². The number of hydrogen-bond donors (Lipinski definition) is 2. The Hall–Kier alpha value is -1.86. The predicted molar refractivity (Wildman–Crippen MR) is 74.5 cm³/mol. The molecule has 2 unspecified atom stereocenters. The summed E-state index contributed by atoms with van der Waals surface area (Å²) in [6.07, 6.45) is 0.568. The first-order valence-corrected chi connectivity index (χ1v) is 6.90. The quantitative estimate of drug-likeness (QED) is 0.757. The number of hydrogen-bond acceptors (Lipinski definition) is 5. The number of rotatable bonds is 2. The number of carbonyl (C=O) groups is 1. The maximum Gasteiger partial charge on any atom is 0.491 e. The van der Waals surface area contributed by atoms with Gasteiger partial charge >= 0.3 is 13.1 Å². The van der Waals surface area contributed by atoms with Crippen molar-refractivity contribution in [2.24, 2.45) is 16.3 Å². The van der Waals surface area contributed by atoms with E-state index in [0.29, 0.717) is 24.7 Å². The maximum atomic E-state index is 11.2. The van der Waals surface area contributed by atoms with Crippen LogP contribution in [0.5, 0.6) is 5.75 Å². The molecular formula is C14H14BNO5. The minimum absolute atomic E-state index is 0.112. The van der Waals surface area contributed by atoms with E-state index in [0.717, 1.165) is 11.0 Å². The lowest BCUT2D eigenvalue weighted by molar-refractivity contribution is -0.158. The van der Waals surface area contributed by atoms with Gasteiger partial charge in [0.1, 0.15) is 5.75 Å². The molecule has 1 aromatic rings. The number of nitrogens with zero attached hydrogens (tertiary/aromatic N) is 1. The molecule has 0 bridgehead atoms. The first kappa shape index (κ1) is 12.9. The van der Waals surface area contributed by atoms with Crippen LogP contribution in [0.25, 0.3) is 0 Å². The van der Waals surface area contributed by atoms with Gasteiger partial charge in [-0.15, -0.1) is 0 Å². The van der Waals surface area contributed by atoms with Gasteiger partial charge in [-0.05, 0) is 36.5 Å². The van der Waals surface area contributed by atoms with Crippen LogP contribution in [0, 0.1) is 11.3 Å². The summed E-state index contributed by atoms with van der Waals surface area (Å²) in [5.41, 5.74) is 0.922. The fraction of sp³-hybridized carbons (Fsp3) is 0.429. The molecule has 1 saturated carbocycles. The molecule has 2 N–H and O–H groups in total. The molecule has 2 aliphatic heterocycles. The number of aliphatic imine (C=N–C) groups is 1. The standard InChI is InChI=1S/C14H14BNO5/c1-14(13(17)18)5-9-11(14)16-12(9)21-8-2-3-10-7(4-8)6-20-15(10)19/h2-4,9,11,19H,5-6H2,1H3,(H,17,18)/t9?,11-,14?/m0/s1. The lowest BCUT2D eigenvalue weighted by Gasteiger charge is -2.53. The van der Waals surface area contributed by atoms with E-state index < -0.39 is 18.5 Å². The van der Waals surface area contributed by atoms with Gasteiger partial charge in [-0.25, -0.2) is 4.99 Å². The van der Waals surface area contributed by atoms with Crippen LogP contribution in [0.4, 0.5) is 0 Å². The molecule has 1 aliphatic carbocycles. The minimum Gasteiger partial charge on any atom is -0.481 e. The normalized spacial score (nSPS) is 32.5. The summed E-state index contributed by atoms with van der Waals surface area (Å²) in [6, 6.07) is 5.21. The van der Waals surface area contributed by atoms with Crippen LogP contribution in [0.3, 0.4) is 0 Å². The summed E-state index contributed by atoms with van der Waals surface area (Å²) in [5, 5.41) is 18.7. The number of carboxylic acid groups (broad SMARTS) is 1. The third-order valence-electron chi connectivity index (χ3n) is 4.75. The third kappa shape index (κ3) is 1.67. The molecule has 4 rings (SSSR count). The molecule has 0 amide bonds. The monoisotopic (exact) mass is 287 g/mol. The predicted octanol–water partition coefficient (Wildman–Crippen LogP) is 0.175. The number of carboxylic acids is 1. The topological polar surface area (TPSA) is 88.4 Å². The van der Waals surface area contributed by atoms with Gasteiger partial charge in [-0.2, -0.15) is 0 Å². The van der Waals surface area contributed by atoms with Crippen molar-refractivity contribution in [1.82, 2.24) is 0 Å². The van der Waals surface area contributed by atoms with Crippen molar-refractivity contribution in [3.63, 3.8) is 0 Å². The molecular weight excluding hydrogens is 273 g/mol. The Morgan fingerprint density at radius 1 is 1.57 bits per heavy atom. The number of aliphatic carboxylic acids is 1. The van der Waals surface area contributed by atoms with Crippen LogP contribution in [-0.4, -0.2) is 35.2 Å². The van der Waals surface area contributed by atoms with Crippen molar-refractivity contribution < 1.29 is 24.3 Å². The fourth-order valence-corrected chi connectivity index (χ4v) is 3.28.